The third kappa shape index (κ3) is 1.64. The van der Waals surface area contributed by atoms with Crippen molar-refractivity contribution >= 4 is 5.97 Å². The first-order valence-corrected chi connectivity index (χ1v) is 5.18. The Hall–Kier alpha value is -1.32. The largest absolute Gasteiger partial charge is 0.475 e. The first kappa shape index (κ1) is 10.2. The molecular weight excluding hydrogens is 194 g/mol. The average Bonchev–Trinajstić information content (AvgIpc) is 2.74. The van der Waals surface area contributed by atoms with Gasteiger partial charge in [0.25, 0.3) is 0 Å². The summed E-state index contributed by atoms with van der Waals surface area (Å²) in [6, 6.07) is 0. The molecule has 15 heavy (non-hydrogen) atoms. The number of carbonyl (C=O) groups is 1. The van der Waals surface area contributed by atoms with Gasteiger partial charge in [-0.05, 0) is 18.8 Å². The van der Waals surface area contributed by atoms with Gasteiger partial charge in [0.05, 0.1) is 5.69 Å². The molecule has 1 aromatic heterocycles. The second-order valence-electron chi connectivity index (χ2n) is 4.75. The Balaban J connectivity index is 2.44. The molecular formula is C11H15NO3. The molecule has 2 rings (SSSR count). The molecule has 82 valence electrons. The van der Waals surface area contributed by atoms with Crippen molar-refractivity contribution in [2.75, 3.05) is 0 Å². The van der Waals surface area contributed by atoms with Crippen molar-refractivity contribution < 1.29 is 14.3 Å². The molecule has 0 unspecified atom stereocenters. The molecule has 1 aromatic rings. The molecule has 1 N–H and O–H groups in total. The van der Waals surface area contributed by atoms with Crippen LogP contribution < -0.4 is 0 Å². The minimum absolute atomic E-state index is 0.00752. The minimum atomic E-state index is -1.03. The first-order valence-electron chi connectivity index (χ1n) is 5.18. The summed E-state index contributed by atoms with van der Waals surface area (Å²) in [5.41, 5.74) is 0.544. The molecule has 1 aliphatic rings. The van der Waals surface area contributed by atoms with Gasteiger partial charge in [0.15, 0.2) is 0 Å². The van der Waals surface area contributed by atoms with Gasteiger partial charge in [-0.2, -0.15) is 0 Å². The lowest BCUT2D eigenvalue weighted by Crippen LogP contribution is -2.01. The highest BCUT2D eigenvalue weighted by Gasteiger charge is 2.45. The maximum absolute atomic E-state index is 11.0. The average molecular weight is 209 g/mol. The first-order chi connectivity index (χ1) is 6.94. The van der Waals surface area contributed by atoms with Crippen molar-refractivity contribution in [3.63, 3.8) is 0 Å². The predicted molar refractivity (Wildman–Crippen MR) is 54.1 cm³/mol. The van der Waals surface area contributed by atoms with Crippen LogP contribution in [0.5, 0.6) is 0 Å². The normalized spacial score (nSPS) is 18.1. The van der Waals surface area contributed by atoms with Gasteiger partial charge in [-0.1, -0.05) is 20.8 Å². The molecule has 0 amide bonds. The molecule has 4 heteroatoms. The molecule has 1 saturated carbocycles. The summed E-state index contributed by atoms with van der Waals surface area (Å²) in [6.45, 7) is 5.89. The van der Waals surface area contributed by atoms with Gasteiger partial charge in [-0.3, -0.25) is 0 Å². The SMILES string of the molecule is CC(C)c1nc(C2(C)CC2)oc1C(=O)O. The van der Waals surface area contributed by atoms with E-state index in [-0.39, 0.29) is 17.1 Å². The second kappa shape index (κ2) is 3.08. The van der Waals surface area contributed by atoms with E-state index in [9.17, 15) is 4.79 Å². The lowest BCUT2D eigenvalue weighted by molar-refractivity contribution is 0.0657. The smallest absolute Gasteiger partial charge is 0.373 e. The number of hydrogen-bond donors (Lipinski definition) is 1. The van der Waals surface area contributed by atoms with Crippen LogP contribution in [0, 0.1) is 0 Å². The van der Waals surface area contributed by atoms with Gasteiger partial charge < -0.3 is 9.52 Å². The fourth-order valence-electron chi connectivity index (χ4n) is 1.54. The van der Waals surface area contributed by atoms with E-state index in [1.165, 1.54) is 0 Å². The van der Waals surface area contributed by atoms with Gasteiger partial charge in [0, 0.05) is 5.41 Å². The maximum atomic E-state index is 11.0. The second-order valence-corrected chi connectivity index (χ2v) is 4.75. The Morgan fingerprint density at radius 2 is 2.13 bits per heavy atom. The molecule has 0 aliphatic heterocycles. The highest BCUT2D eigenvalue weighted by atomic mass is 16.4. The van der Waals surface area contributed by atoms with E-state index in [1.54, 1.807) is 0 Å². The minimum Gasteiger partial charge on any atom is -0.475 e. The van der Waals surface area contributed by atoms with Crippen LogP contribution in [-0.4, -0.2) is 16.1 Å². The van der Waals surface area contributed by atoms with E-state index in [2.05, 4.69) is 11.9 Å². The van der Waals surface area contributed by atoms with Crippen LogP contribution in [0.1, 0.15) is 61.7 Å². The zero-order valence-corrected chi connectivity index (χ0v) is 9.20. The van der Waals surface area contributed by atoms with Crippen molar-refractivity contribution in [3.05, 3.63) is 17.3 Å². The molecule has 0 atom stereocenters. The summed E-state index contributed by atoms with van der Waals surface area (Å²) in [4.78, 5) is 15.3. The van der Waals surface area contributed by atoms with Crippen LogP contribution in [-0.2, 0) is 5.41 Å². The van der Waals surface area contributed by atoms with Crippen molar-refractivity contribution in [1.29, 1.82) is 0 Å². The summed E-state index contributed by atoms with van der Waals surface area (Å²) < 4.78 is 5.35. The van der Waals surface area contributed by atoms with Crippen LogP contribution in [0.3, 0.4) is 0 Å². The fourth-order valence-corrected chi connectivity index (χ4v) is 1.54. The Bertz CT molecular complexity index is 402. The van der Waals surface area contributed by atoms with E-state index in [0.717, 1.165) is 12.8 Å². The molecule has 4 nitrogen and oxygen atoms in total. The monoisotopic (exact) mass is 209 g/mol. The standard InChI is InChI=1S/C11H15NO3/c1-6(2)7-8(9(13)14)15-10(12-7)11(3)4-5-11/h6H,4-5H2,1-3H3,(H,13,14). The highest BCUT2D eigenvalue weighted by molar-refractivity contribution is 5.85. The third-order valence-electron chi connectivity index (χ3n) is 2.91. The molecule has 0 saturated heterocycles. The van der Waals surface area contributed by atoms with E-state index < -0.39 is 5.97 Å². The van der Waals surface area contributed by atoms with Crippen LogP contribution in [0.2, 0.25) is 0 Å². The van der Waals surface area contributed by atoms with Gasteiger partial charge in [-0.15, -0.1) is 0 Å². The van der Waals surface area contributed by atoms with Crippen molar-refractivity contribution in [2.45, 2.75) is 44.9 Å². The molecule has 0 aromatic carbocycles. The van der Waals surface area contributed by atoms with Gasteiger partial charge in [0.2, 0.25) is 11.7 Å². The van der Waals surface area contributed by atoms with E-state index in [4.69, 9.17) is 9.52 Å². The Labute approximate surface area is 88.3 Å². The van der Waals surface area contributed by atoms with Crippen molar-refractivity contribution in [1.82, 2.24) is 4.98 Å². The summed E-state index contributed by atoms with van der Waals surface area (Å²) in [7, 11) is 0. The van der Waals surface area contributed by atoms with E-state index >= 15 is 0 Å². The molecule has 1 heterocycles. The molecule has 1 fully saturated rings. The van der Waals surface area contributed by atoms with Crippen LogP contribution >= 0.6 is 0 Å². The molecule has 1 aliphatic carbocycles. The summed E-state index contributed by atoms with van der Waals surface area (Å²) in [6.07, 6.45) is 2.06. The number of aromatic carboxylic acids is 1. The lowest BCUT2D eigenvalue weighted by atomic mass is 10.1. The lowest BCUT2D eigenvalue weighted by Gasteiger charge is -1.99. The summed E-state index contributed by atoms with van der Waals surface area (Å²) in [5.74, 6) is -0.352. The number of hydrogen-bond acceptors (Lipinski definition) is 3. The molecule has 0 radical (unpaired) electrons. The number of aromatic nitrogens is 1. The summed E-state index contributed by atoms with van der Waals surface area (Å²) >= 11 is 0. The van der Waals surface area contributed by atoms with E-state index in [0.29, 0.717) is 11.6 Å². The summed E-state index contributed by atoms with van der Waals surface area (Å²) in [5, 5.41) is 8.98. The van der Waals surface area contributed by atoms with Crippen LogP contribution in [0.4, 0.5) is 0 Å². The van der Waals surface area contributed by atoms with Gasteiger partial charge in [0.1, 0.15) is 0 Å². The van der Waals surface area contributed by atoms with Gasteiger partial charge >= 0.3 is 5.97 Å². The Kier molecular flexibility index (Phi) is 2.10. The molecule has 0 bridgehead atoms. The van der Waals surface area contributed by atoms with Crippen molar-refractivity contribution in [3.8, 4) is 0 Å². The van der Waals surface area contributed by atoms with Crippen LogP contribution in [0.25, 0.3) is 0 Å². The number of nitrogens with zero attached hydrogens (tertiary/aromatic N) is 1. The quantitative estimate of drug-likeness (QED) is 0.830. The number of carboxylic acids is 1. The number of rotatable bonds is 3. The zero-order valence-electron chi connectivity index (χ0n) is 9.20. The topological polar surface area (TPSA) is 63.3 Å². The van der Waals surface area contributed by atoms with E-state index in [1.807, 2.05) is 13.8 Å². The predicted octanol–water partition coefficient (Wildman–Crippen LogP) is 2.55. The maximum Gasteiger partial charge on any atom is 0.373 e. The zero-order chi connectivity index (χ0) is 11.2. The third-order valence-corrected chi connectivity index (χ3v) is 2.91. The van der Waals surface area contributed by atoms with Gasteiger partial charge in [-0.25, -0.2) is 9.78 Å². The van der Waals surface area contributed by atoms with Crippen LogP contribution in [0.15, 0.2) is 4.42 Å². The number of oxazole rings is 1. The Morgan fingerprint density at radius 3 is 2.47 bits per heavy atom. The number of carboxylic acid groups (broad SMARTS) is 1. The highest BCUT2D eigenvalue weighted by Crippen LogP contribution is 2.47. The Morgan fingerprint density at radius 1 is 1.53 bits per heavy atom. The fraction of sp³-hybridized carbons (Fsp3) is 0.636. The van der Waals surface area contributed by atoms with Crippen molar-refractivity contribution in [2.24, 2.45) is 0 Å². The molecule has 0 spiro atoms.